The first-order chi connectivity index (χ1) is 11.2. The van der Waals surface area contributed by atoms with Crippen molar-refractivity contribution in [2.75, 3.05) is 5.32 Å². The zero-order valence-electron chi connectivity index (χ0n) is 13.3. The van der Waals surface area contributed by atoms with Gasteiger partial charge in [-0.05, 0) is 77.4 Å². The summed E-state index contributed by atoms with van der Waals surface area (Å²) in [7, 11) is 0. The second-order valence-electron chi connectivity index (χ2n) is 5.64. The molecule has 0 atom stereocenters. The summed E-state index contributed by atoms with van der Waals surface area (Å²) in [4.78, 5) is 4.07. The van der Waals surface area contributed by atoms with E-state index in [9.17, 15) is 0 Å². The molecule has 0 fully saturated rings. The smallest absolute Gasteiger partial charge is 0.0425 e. The quantitative estimate of drug-likeness (QED) is 0.564. The van der Waals surface area contributed by atoms with Crippen molar-refractivity contribution in [3.63, 3.8) is 0 Å². The first-order valence-corrected chi connectivity index (χ1v) is 8.72. The van der Waals surface area contributed by atoms with Gasteiger partial charge in [0.05, 0.1) is 0 Å². The van der Waals surface area contributed by atoms with Crippen molar-refractivity contribution >= 4 is 28.3 Å². The van der Waals surface area contributed by atoms with Gasteiger partial charge in [0, 0.05) is 39.3 Å². The number of nitrogens with one attached hydrogen (secondary N) is 1. The lowest BCUT2D eigenvalue weighted by molar-refractivity contribution is 1.13. The number of halogens is 1. The van der Waals surface area contributed by atoms with Crippen LogP contribution in [0.3, 0.4) is 0 Å². The highest BCUT2D eigenvalue weighted by molar-refractivity contribution is 14.1. The average molecular weight is 414 g/mol. The van der Waals surface area contributed by atoms with E-state index in [1.54, 1.807) is 0 Å². The molecule has 0 radical (unpaired) electrons. The average Bonchev–Trinajstić information content (AvgIpc) is 2.55. The third-order valence-electron chi connectivity index (χ3n) is 3.98. The Morgan fingerprint density at radius 1 is 0.870 bits per heavy atom. The third-order valence-corrected chi connectivity index (χ3v) is 4.88. The van der Waals surface area contributed by atoms with Crippen LogP contribution in [0.4, 0.5) is 5.69 Å². The summed E-state index contributed by atoms with van der Waals surface area (Å²) in [6, 6.07) is 17.0. The maximum absolute atomic E-state index is 4.07. The molecule has 0 aliphatic heterocycles. The van der Waals surface area contributed by atoms with Gasteiger partial charge in [-0.15, -0.1) is 0 Å². The van der Waals surface area contributed by atoms with E-state index in [4.69, 9.17) is 0 Å². The largest absolute Gasteiger partial charge is 0.380 e. The van der Waals surface area contributed by atoms with Crippen molar-refractivity contribution in [1.82, 2.24) is 4.98 Å². The highest BCUT2D eigenvalue weighted by Gasteiger charge is 2.13. The number of aromatic nitrogens is 1. The molecule has 3 heteroatoms. The standard InChI is InChI=1S/C20H19IN2/c1-14-5-3-7-17(21)19(14)20-15(2)6-4-8-18(20)23-13-16-9-11-22-12-10-16/h3-12,23H,13H2,1-2H3. The molecule has 1 aromatic heterocycles. The number of rotatable bonds is 4. The van der Waals surface area contributed by atoms with Gasteiger partial charge in [0.25, 0.3) is 0 Å². The summed E-state index contributed by atoms with van der Waals surface area (Å²) in [6.45, 7) is 5.15. The van der Waals surface area contributed by atoms with Gasteiger partial charge in [0.1, 0.15) is 0 Å². The molecule has 116 valence electrons. The summed E-state index contributed by atoms with van der Waals surface area (Å²) >= 11 is 2.43. The Kier molecular flexibility index (Phi) is 4.96. The molecule has 0 aliphatic carbocycles. The highest BCUT2D eigenvalue weighted by atomic mass is 127. The normalized spacial score (nSPS) is 10.6. The molecule has 0 unspecified atom stereocenters. The summed E-state index contributed by atoms with van der Waals surface area (Å²) in [5.41, 5.74) is 7.61. The van der Waals surface area contributed by atoms with Crippen LogP contribution in [0, 0.1) is 17.4 Å². The van der Waals surface area contributed by atoms with Crippen LogP contribution in [0.15, 0.2) is 60.9 Å². The second kappa shape index (κ2) is 7.13. The molecular weight excluding hydrogens is 395 g/mol. The van der Waals surface area contributed by atoms with Crippen LogP contribution in [0.5, 0.6) is 0 Å². The van der Waals surface area contributed by atoms with E-state index in [1.165, 1.54) is 37.1 Å². The SMILES string of the molecule is Cc1cccc(I)c1-c1c(C)cccc1NCc1ccncc1. The number of pyridine rings is 1. The van der Waals surface area contributed by atoms with Crippen molar-refractivity contribution < 1.29 is 0 Å². The maximum Gasteiger partial charge on any atom is 0.0425 e. The van der Waals surface area contributed by atoms with Crippen molar-refractivity contribution in [2.45, 2.75) is 20.4 Å². The van der Waals surface area contributed by atoms with Crippen LogP contribution >= 0.6 is 22.6 Å². The molecule has 2 aromatic carbocycles. The third kappa shape index (κ3) is 3.55. The first kappa shape index (κ1) is 16.0. The molecule has 0 aliphatic rings. The van der Waals surface area contributed by atoms with E-state index in [2.05, 4.69) is 83.1 Å². The molecule has 0 saturated carbocycles. The molecule has 2 nitrogen and oxygen atoms in total. The monoisotopic (exact) mass is 414 g/mol. The molecule has 23 heavy (non-hydrogen) atoms. The number of aryl methyl sites for hydroxylation is 2. The minimum atomic E-state index is 0.793. The van der Waals surface area contributed by atoms with Crippen LogP contribution in [-0.2, 0) is 6.54 Å². The van der Waals surface area contributed by atoms with E-state index >= 15 is 0 Å². The fraction of sp³-hybridized carbons (Fsp3) is 0.150. The van der Waals surface area contributed by atoms with Gasteiger partial charge in [-0.1, -0.05) is 24.3 Å². The van der Waals surface area contributed by atoms with Gasteiger partial charge < -0.3 is 5.32 Å². The Balaban J connectivity index is 2.01. The minimum Gasteiger partial charge on any atom is -0.380 e. The number of hydrogen-bond acceptors (Lipinski definition) is 2. The lowest BCUT2D eigenvalue weighted by Crippen LogP contribution is -2.03. The van der Waals surface area contributed by atoms with Gasteiger partial charge in [-0.25, -0.2) is 0 Å². The predicted molar refractivity (Wildman–Crippen MR) is 106 cm³/mol. The highest BCUT2D eigenvalue weighted by Crippen LogP contribution is 2.36. The zero-order valence-corrected chi connectivity index (χ0v) is 15.5. The summed E-state index contributed by atoms with van der Waals surface area (Å²) < 4.78 is 1.28. The Morgan fingerprint density at radius 3 is 2.22 bits per heavy atom. The van der Waals surface area contributed by atoms with Crippen LogP contribution in [-0.4, -0.2) is 4.98 Å². The van der Waals surface area contributed by atoms with Crippen LogP contribution < -0.4 is 5.32 Å². The molecular formula is C20H19IN2. The first-order valence-electron chi connectivity index (χ1n) is 7.64. The van der Waals surface area contributed by atoms with Crippen molar-refractivity contribution in [2.24, 2.45) is 0 Å². The molecule has 0 amide bonds. The predicted octanol–water partition coefficient (Wildman–Crippen LogP) is 5.58. The van der Waals surface area contributed by atoms with E-state index in [0.717, 1.165) is 6.54 Å². The molecule has 0 bridgehead atoms. The number of hydrogen-bond donors (Lipinski definition) is 1. The van der Waals surface area contributed by atoms with Crippen molar-refractivity contribution in [3.8, 4) is 11.1 Å². The summed E-state index contributed by atoms with van der Waals surface area (Å²) in [5, 5.41) is 3.59. The van der Waals surface area contributed by atoms with E-state index < -0.39 is 0 Å². The number of benzene rings is 2. The molecule has 0 spiro atoms. The van der Waals surface area contributed by atoms with Gasteiger partial charge in [-0.2, -0.15) is 0 Å². The molecule has 3 rings (SSSR count). The van der Waals surface area contributed by atoms with Crippen LogP contribution in [0.1, 0.15) is 16.7 Å². The fourth-order valence-corrected chi connectivity index (χ4v) is 3.70. The van der Waals surface area contributed by atoms with E-state index in [1.807, 2.05) is 24.5 Å². The Labute approximate surface area is 151 Å². The molecule has 1 N–H and O–H groups in total. The summed E-state index contributed by atoms with van der Waals surface area (Å²) in [5.74, 6) is 0. The minimum absolute atomic E-state index is 0.793. The Hall–Kier alpha value is -1.88. The lowest BCUT2D eigenvalue weighted by Gasteiger charge is -2.18. The van der Waals surface area contributed by atoms with Crippen molar-refractivity contribution in [3.05, 3.63) is 81.2 Å². The van der Waals surface area contributed by atoms with Crippen LogP contribution in [0.2, 0.25) is 0 Å². The van der Waals surface area contributed by atoms with Gasteiger partial charge in [0.2, 0.25) is 0 Å². The molecule has 3 aromatic rings. The Bertz CT molecular complexity index is 793. The summed E-state index contributed by atoms with van der Waals surface area (Å²) in [6.07, 6.45) is 3.66. The van der Waals surface area contributed by atoms with E-state index in [-0.39, 0.29) is 0 Å². The van der Waals surface area contributed by atoms with Gasteiger partial charge in [0.15, 0.2) is 0 Å². The van der Waals surface area contributed by atoms with Gasteiger partial charge >= 0.3 is 0 Å². The molecule has 1 heterocycles. The van der Waals surface area contributed by atoms with Crippen LogP contribution in [0.25, 0.3) is 11.1 Å². The lowest BCUT2D eigenvalue weighted by atomic mass is 9.95. The second-order valence-corrected chi connectivity index (χ2v) is 6.80. The number of nitrogens with zero attached hydrogens (tertiary/aromatic N) is 1. The van der Waals surface area contributed by atoms with Gasteiger partial charge in [-0.3, -0.25) is 4.98 Å². The topological polar surface area (TPSA) is 24.9 Å². The fourth-order valence-electron chi connectivity index (χ4n) is 2.79. The van der Waals surface area contributed by atoms with E-state index in [0.29, 0.717) is 0 Å². The number of anilines is 1. The van der Waals surface area contributed by atoms with Crippen molar-refractivity contribution in [1.29, 1.82) is 0 Å². The molecule has 0 saturated heterocycles. The Morgan fingerprint density at radius 2 is 1.52 bits per heavy atom. The maximum atomic E-state index is 4.07. The zero-order chi connectivity index (χ0) is 16.2.